The predicted octanol–water partition coefficient (Wildman–Crippen LogP) is 9.87. The van der Waals surface area contributed by atoms with Gasteiger partial charge in [0.25, 0.3) is 0 Å². The minimum absolute atomic E-state index is 0.00752. The van der Waals surface area contributed by atoms with Crippen molar-refractivity contribution in [1.82, 2.24) is 0 Å². The molecule has 1 aromatic carbocycles. The van der Waals surface area contributed by atoms with Crippen molar-refractivity contribution in [2.24, 2.45) is 38.8 Å². The highest BCUT2D eigenvalue weighted by Crippen LogP contribution is 2.39. The number of ether oxygens (including phenoxy) is 2. The van der Waals surface area contributed by atoms with Crippen LogP contribution in [0.3, 0.4) is 0 Å². The van der Waals surface area contributed by atoms with E-state index in [0.717, 1.165) is 47.7 Å². The summed E-state index contributed by atoms with van der Waals surface area (Å²) in [4.78, 5) is 0. The Labute approximate surface area is 235 Å². The Morgan fingerprint density at radius 2 is 1.32 bits per heavy atom. The molecule has 0 amide bonds. The summed E-state index contributed by atoms with van der Waals surface area (Å²) in [6, 6.07) is 4.40. The number of rotatable bonds is 12. The van der Waals surface area contributed by atoms with Gasteiger partial charge in [-0.05, 0) is 66.4 Å². The molecule has 1 aliphatic rings. The van der Waals surface area contributed by atoms with Gasteiger partial charge in [0.15, 0.2) is 0 Å². The Balaban J connectivity index is 2.35. The van der Waals surface area contributed by atoms with Gasteiger partial charge in [-0.25, -0.2) is 0 Å². The first kappa shape index (κ1) is 32.4. The lowest BCUT2D eigenvalue weighted by Gasteiger charge is -2.27. The lowest BCUT2D eigenvalue weighted by atomic mass is 9.83. The highest BCUT2D eigenvalue weighted by Gasteiger charge is 2.29. The van der Waals surface area contributed by atoms with Gasteiger partial charge in [-0.15, -0.1) is 0 Å². The third kappa shape index (κ3) is 10.4. The largest absolute Gasteiger partial charge is 0.493 e. The molecule has 1 heterocycles. The van der Waals surface area contributed by atoms with Crippen LogP contribution in [-0.4, -0.2) is 24.6 Å². The van der Waals surface area contributed by atoms with Crippen LogP contribution in [0.25, 0.3) is 0 Å². The molecule has 0 N–H and O–H groups in total. The van der Waals surface area contributed by atoms with Crippen LogP contribution in [0.5, 0.6) is 11.5 Å². The molecule has 0 aliphatic carbocycles. The molecule has 0 bridgehead atoms. The lowest BCUT2D eigenvalue weighted by molar-refractivity contribution is 0.236. The molecule has 38 heavy (non-hydrogen) atoms. The fraction of sp³-hybridized carbons (Fsp3) is 0.765. The van der Waals surface area contributed by atoms with Crippen molar-refractivity contribution >= 4 is 11.4 Å². The Morgan fingerprint density at radius 3 is 1.82 bits per heavy atom. The summed E-state index contributed by atoms with van der Waals surface area (Å²) in [5.41, 5.74) is 4.56. The average Bonchev–Trinajstić information content (AvgIpc) is 3.22. The van der Waals surface area contributed by atoms with Crippen LogP contribution in [-0.2, 0) is 5.41 Å². The third-order valence-electron chi connectivity index (χ3n) is 7.26. The maximum Gasteiger partial charge on any atom is 0.128 e. The summed E-state index contributed by atoms with van der Waals surface area (Å²) in [5.74, 6) is 3.81. The van der Waals surface area contributed by atoms with Crippen molar-refractivity contribution in [3.8, 4) is 11.5 Å². The topological polar surface area (TPSA) is 43.2 Å². The molecule has 0 fully saturated rings. The molecular formula is C34H58N2O2. The summed E-state index contributed by atoms with van der Waals surface area (Å²) in [6.45, 7) is 30.9. The molecule has 0 saturated heterocycles. The zero-order valence-electron chi connectivity index (χ0n) is 27.0. The molecule has 2 atom stereocenters. The van der Waals surface area contributed by atoms with Crippen LogP contribution in [0.4, 0.5) is 0 Å². The standard InChI is InChI=1S/C34H58N2O2/c1-23(2)18-24(3)14-16-37-29-20-27(33(8,9)10)30(38-17-15-25(4)22-32(5,6)7)19-26(29)28-21-31(36-35-28)34(11,12)13/h19-20,23-25H,14-18,21-22H2,1-13H3. The summed E-state index contributed by atoms with van der Waals surface area (Å²) in [6.07, 6.45) is 5.25. The van der Waals surface area contributed by atoms with Crippen LogP contribution in [0.2, 0.25) is 0 Å². The molecule has 2 rings (SSSR count). The zero-order valence-corrected chi connectivity index (χ0v) is 27.0. The van der Waals surface area contributed by atoms with E-state index < -0.39 is 0 Å². The fourth-order valence-corrected chi connectivity index (χ4v) is 5.33. The van der Waals surface area contributed by atoms with Crippen LogP contribution >= 0.6 is 0 Å². The molecule has 0 spiro atoms. The van der Waals surface area contributed by atoms with Gasteiger partial charge in [-0.2, -0.15) is 10.2 Å². The molecule has 1 aromatic rings. The number of hydrogen-bond donors (Lipinski definition) is 0. The van der Waals surface area contributed by atoms with E-state index in [4.69, 9.17) is 9.47 Å². The summed E-state index contributed by atoms with van der Waals surface area (Å²) >= 11 is 0. The third-order valence-corrected chi connectivity index (χ3v) is 7.26. The van der Waals surface area contributed by atoms with Crippen LogP contribution in [0, 0.1) is 28.6 Å². The second kappa shape index (κ2) is 13.0. The van der Waals surface area contributed by atoms with E-state index in [9.17, 15) is 0 Å². The van der Waals surface area contributed by atoms with Crippen molar-refractivity contribution in [1.29, 1.82) is 0 Å². The summed E-state index contributed by atoms with van der Waals surface area (Å²) < 4.78 is 13.1. The molecular weight excluding hydrogens is 468 g/mol. The highest BCUT2D eigenvalue weighted by molar-refractivity contribution is 6.17. The van der Waals surface area contributed by atoms with E-state index in [2.05, 4.69) is 112 Å². The van der Waals surface area contributed by atoms with E-state index >= 15 is 0 Å². The van der Waals surface area contributed by atoms with E-state index in [0.29, 0.717) is 36.4 Å². The lowest BCUT2D eigenvalue weighted by Crippen LogP contribution is -2.21. The Kier molecular flexibility index (Phi) is 11.1. The van der Waals surface area contributed by atoms with Gasteiger partial charge in [0, 0.05) is 23.0 Å². The fourth-order valence-electron chi connectivity index (χ4n) is 5.33. The van der Waals surface area contributed by atoms with Gasteiger partial charge in [0.2, 0.25) is 0 Å². The first-order valence-electron chi connectivity index (χ1n) is 14.9. The Morgan fingerprint density at radius 1 is 0.737 bits per heavy atom. The molecule has 0 saturated carbocycles. The number of hydrogen-bond acceptors (Lipinski definition) is 4. The number of nitrogens with zero attached hydrogens (tertiary/aromatic N) is 2. The van der Waals surface area contributed by atoms with E-state index in [1.807, 2.05) is 0 Å². The second-order valence-electron chi connectivity index (χ2n) is 15.5. The highest BCUT2D eigenvalue weighted by atomic mass is 16.5. The van der Waals surface area contributed by atoms with Gasteiger partial charge in [0.1, 0.15) is 11.5 Å². The Hall–Kier alpha value is -1.84. The van der Waals surface area contributed by atoms with Gasteiger partial charge in [-0.1, -0.05) is 90.0 Å². The average molecular weight is 527 g/mol. The van der Waals surface area contributed by atoms with Gasteiger partial charge >= 0.3 is 0 Å². The molecule has 0 radical (unpaired) electrons. The first-order valence-corrected chi connectivity index (χ1v) is 14.9. The van der Waals surface area contributed by atoms with Crippen LogP contribution in [0.1, 0.15) is 133 Å². The minimum Gasteiger partial charge on any atom is -0.493 e. The van der Waals surface area contributed by atoms with E-state index in [1.54, 1.807) is 0 Å². The molecule has 1 aliphatic heterocycles. The maximum absolute atomic E-state index is 6.54. The van der Waals surface area contributed by atoms with Gasteiger partial charge in [0.05, 0.1) is 24.6 Å². The number of benzene rings is 1. The molecule has 2 unspecified atom stereocenters. The van der Waals surface area contributed by atoms with Crippen molar-refractivity contribution < 1.29 is 9.47 Å². The molecule has 4 nitrogen and oxygen atoms in total. The minimum atomic E-state index is -0.0709. The maximum atomic E-state index is 6.54. The monoisotopic (exact) mass is 526 g/mol. The Bertz CT molecular complexity index is 968. The van der Waals surface area contributed by atoms with Crippen LogP contribution < -0.4 is 9.47 Å². The first-order chi connectivity index (χ1) is 17.4. The molecule has 216 valence electrons. The van der Waals surface area contributed by atoms with Crippen molar-refractivity contribution in [3.63, 3.8) is 0 Å². The predicted molar refractivity (Wildman–Crippen MR) is 165 cm³/mol. The van der Waals surface area contributed by atoms with Crippen LogP contribution in [0.15, 0.2) is 22.3 Å². The molecule has 4 heteroatoms. The van der Waals surface area contributed by atoms with Gasteiger partial charge < -0.3 is 9.47 Å². The van der Waals surface area contributed by atoms with Gasteiger partial charge in [-0.3, -0.25) is 0 Å². The zero-order chi connectivity index (χ0) is 28.9. The summed E-state index contributed by atoms with van der Waals surface area (Å²) in [5, 5.41) is 9.22. The SMILES string of the molecule is CC(C)CC(C)CCOc1cc(C(C)(C)C)c(OCCC(C)CC(C)(C)C)cc1C1=NN=C(C(C)(C)C)C1. The summed E-state index contributed by atoms with van der Waals surface area (Å²) in [7, 11) is 0. The van der Waals surface area contributed by atoms with Crippen molar-refractivity contribution in [2.45, 2.75) is 128 Å². The smallest absolute Gasteiger partial charge is 0.128 e. The second-order valence-corrected chi connectivity index (χ2v) is 15.5. The normalized spacial score (nSPS) is 16.4. The van der Waals surface area contributed by atoms with E-state index in [-0.39, 0.29) is 10.8 Å². The van der Waals surface area contributed by atoms with Crippen molar-refractivity contribution in [2.75, 3.05) is 13.2 Å². The van der Waals surface area contributed by atoms with E-state index in [1.165, 1.54) is 18.4 Å². The van der Waals surface area contributed by atoms with Crippen molar-refractivity contribution in [3.05, 3.63) is 23.3 Å². The quantitative estimate of drug-likeness (QED) is 0.272. The molecule has 0 aromatic heterocycles.